The number of phenols is 1. The van der Waals surface area contributed by atoms with E-state index in [1.165, 1.54) is 12.1 Å². The van der Waals surface area contributed by atoms with Crippen molar-refractivity contribution in [3.05, 3.63) is 46.8 Å². The van der Waals surface area contributed by atoms with Crippen LogP contribution in [0.1, 0.15) is 5.56 Å². The van der Waals surface area contributed by atoms with Crippen LogP contribution in [0.15, 0.2) is 40.1 Å². The molecule has 0 aliphatic rings. The molecule has 0 aliphatic heterocycles. The minimum atomic E-state index is -0.439. The standard InChI is InChI=1S/C11H8O3/c1-2-8-9(12)5-3-7-4-6-10(13)14-11(7)8/h2-6,12H,1H2. The summed E-state index contributed by atoms with van der Waals surface area (Å²) in [6, 6.07) is 6.21. The summed E-state index contributed by atoms with van der Waals surface area (Å²) < 4.78 is 4.98. The lowest BCUT2D eigenvalue weighted by molar-refractivity contribution is 0.471. The molecule has 1 heterocycles. The fourth-order valence-corrected chi connectivity index (χ4v) is 1.34. The Bertz CT molecular complexity index is 552. The Balaban J connectivity index is 2.98. The van der Waals surface area contributed by atoms with Crippen molar-refractivity contribution in [2.45, 2.75) is 0 Å². The number of benzene rings is 1. The molecule has 70 valence electrons. The van der Waals surface area contributed by atoms with Crippen molar-refractivity contribution in [2.75, 3.05) is 0 Å². The molecule has 0 atom stereocenters. The number of phenolic OH excluding ortho intramolecular Hbond substituents is 1. The van der Waals surface area contributed by atoms with E-state index in [0.717, 1.165) is 5.39 Å². The normalized spacial score (nSPS) is 10.3. The number of hydrogen-bond acceptors (Lipinski definition) is 3. The highest BCUT2D eigenvalue weighted by atomic mass is 16.4. The van der Waals surface area contributed by atoms with Gasteiger partial charge >= 0.3 is 5.63 Å². The quantitative estimate of drug-likeness (QED) is 0.697. The number of rotatable bonds is 1. The fraction of sp³-hybridized carbons (Fsp3) is 0. The van der Waals surface area contributed by atoms with Gasteiger partial charge in [0.05, 0.1) is 5.56 Å². The zero-order valence-corrected chi connectivity index (χ0v) is 7.36. The van der Waals surface area contributed by atoms with E-state index >= 15 is 0 Å². The van der Waals surface area contributed by atoms with Crippen LogP contribution in [0.25, 0.3) is 17.0 Å². The lowest BCUT2D eigenvalue weighted by atomic mass is 10.1. The molecule has 0 saturated heterocycles. The lowest BCUT2D eigenvalue weighted by Crippen LogP contribution is -1.95. The minimum absolute atomic E-state index is 0.0573. The molecule has 2 rings (SSSR count). The van der Waals surface area contributed by atoms with Gasteiger partial charge in [0, 0.05) is 11.5 Å². The van der Waals surface area contributed by atoms with Crippen LogP contribution in [-0.4, -0.2) is 5.11 Å². The van der Waals surface area contributed by atoms with Crippen molar-refractivity contribution in [2.24, 2.45) is 0 Å². The van der Waals surface area contributed by atoms with Crippen LogP contribution in [0.4, 0.5) is 0 Å². The number of fused-ring (bicyclic) bond motifs is 1. The number of aromatic hydroxyl groups is 1. The Morgan fingerprint density at radius 2 is 2.00 bits per heavy atom. The van der Waals surface area contributed by atoms with Gasteiger partial charge in [0.25, 0.3) is 0 Å². The molecule has 0 radical (unpaired) electrons. The van der Waals surface area contributed by atoms with Gasteiger partial charge in [-0.05, 0) is 18.2 Å². The Morgan fingerprint density at radius 3 is 2.71 bits per heavy atom. The smallest absolute Gasteiger partial charge is 0.336 e. The van der Waals surface area contributed by atoms with Gasteiger partial charge in [-0.1, -0.05) is 12.7 Å². The highest BCUT2D eigenvalue weighted by molar-refractivity contribution is 5.87. The van der Waals surface area contributed by atoms with Gasteiger partial charge < -0.3 is 9.52 Å². The maximum absolute atomic E-state index is 11.0. The molecular formula is C11H8O3. The predicted octanol–water partition coefficient (Wildman–Crippen LogP) is 2.14. The Morgan fingerprint density at radius 1 is 1.29 bits per heavy atom. The third kappa shape index (κ3) is 1.19. The molecule has 0 saturated carbocycles. The zero-order chi connectivity index (χ0) is 10.1. The maximum Gasteiger partial charge on any atom is 0.336 e. The molecule has 3 nitrogen and oxygen atoms in total. The van der Waals surface area contributed by atoms with E-state index in [2.05, 4.69) is 6.58 Å². The monoisotopic (exact) mass is 188 g/mol. The first-order valence-corrected chi connectivity index (χ1v) is 4.10. The second-order valence-electron chi connectivity index (χ2n) is 2.88. The summed E-state index contributed by atoms with van der Waals surface area (Å²) >= 11 is 0. The van der Waals surface area contributed by atoms with E-state index in [4.69, 9.17) is 4.42 Å². The van der Waals surface area contributed by atoms with Gasteiger partial charge in [-0.25, -0.2) is 4.79 Å². The SMILES string of the molecule is C=Cc1c(O)ccc2ccc(=O)oc12. The van der Waals surface area contributed by atoms with Crippen molar-refractivity contribution < 1.29 is 9.52 Å². The summed E-state index contributed by atoms with van der Waals surface area (Å²) in [6.07, 6.45) is 1.46. The molecule has 0 fully saturated rings. The van der Waals surface area contributed by atoms with E-state index in [0.29, 0.717) is 11.1 Å². The third-order valence-electron chi connectivity index (χ3n) is 2.01. The van der Waals surface area contributed by atoms with E-state index in [9.17, 15) is 9.90 Å². The van der Waals surface area contributed by atoms with Gasteiger partial charge in [-0.2, -0.15) is 0 Å². The zero-order valence-electron chi connectivity index (χ0n) is 7.36. The first-order chi connectivity index (χ1) is 6.72. The summed E-state index contributed by atoms with van der Waals surface area (Å²) in [6.45, 7) is 3.55. The maximum atomic E-state index is 11.0. The van der Waals surface area contributed by atoms with Crippen LogP contribution in [0.2, 0.25) is 0 Å². The fourth-order valence-electron chi connectivity index (χ4n) is 1.34. The summed E-state index contributed by atoms with van der Waals surface area (Å²) in [5.41, 5.74) is 0.374. The van der Waals surface area contributed by atoms with Gasteiger partial charge in [-0.3, -0.25) is 0 Å². The molecule has 0 bridgehead atoms. The summed E-state index contributed by atoms with van der Waals surface area (Å²) in [4.78, 5) is 11.0. The average Bonchev–Trinajstić information content (AvgIpc) is 2.17. The van der Waals surface area contributed by atoms with Crippen LogP contribution in [0, 0.1) is 0 Å². The van der Waals surface area contributed by atoms with Crippen molar-refractivity contribution in [1.29, 1.82) is 0 Å². The first-order valence-electron chi connectivity index (χ1n) is 4.10. The molecule has 14 heavy (non-hydrogen) atoms. The van der Waals surface area contributed by atoms with Gasteiger partial charge in [0.2, 0.25) is 0 Å². The van der Waals surface area contributed by atoms with E-state index < -0.39 is 5.63 Å². The van der Waals surface area contributed by atoms with Gasteiger partial charge in [0.15, 0.2) is 0 Å². The highest BCUT2D eigenvalue weighted by Gasteiger charge is 2.05. The molecule has 0 spiro atoms. The first kappa shape index (κ1) is 8.56. The molecule has 2 aromatic rings. The minimum Gasteiger partial charge on any atom is -0.507 e. The third-order valence-corrected chi connectivity index (χ3v) is 2.01. The van der Waals surface area contributed by atoms with Crippen molar-refractivity contribution in [1.82, 2.24) is 0 Å². The molecule has 0 unspecified atom stereocenters. The Labute approximate surface area is 79.9 Å². The highest BCUT2D eigenvalue weighted by Crippen LogP contribution is 2.26. The largest absolute Gasteiger partial charge is 0.507 e. The Hall–Kier alpha value is -2.03. The molecule has 1 aromatic carbocycles. The van der Waals surface area contributed by atoms with Gasteiger partial charge in [-0.15, -0.1) is 0 Å². The van der Waals surface area contributed by atoms with Gasteiger partial charge in [0.1, 0.15) is 11.3 Å². The van der Waals surface area contributed by atoms with Crippen LogP contribution in [0.3, 0.4) is 0 Å². The van der Waals surface area contributed by atoms with E-state index in [1.54, 1.807) is 18.2 Å². The van der Waals surface area contributed by atoms with E-state index in [-0.39, 0.29) is 5.75 Å². The molecule has 0 aliphatic carbocycles. The second kappa shape index (κ2) is 3.03. The average molecular weight is 188 g/mol. The van der Waals surface area contributed by atoms with Crippen molar-refractivity contribution in [3.8, 4) is 5.75 Å². The number of hydrogen-bond donors (Lipinski definition) is 1. The Kier molecular flexibility index (Phi) is 1.85. The van der Waals surface area contributed by atoms with E-state index in [1.807, 2.05) is 0 Å². The summed E-state index contributed by atoms with van der Waals surface area (Å²) in [5, 5.41) is 10.2. The van der Waals surface area contributed by atoms with Crippen LogP contribution < -0.4 is 5.63 Å². The van der Waals surface area contributed by atoms with Crippen LogP contribution in [-0.2, 0) is 0 Å². The van der Waals surface area contributed by atoms with Crippen LogP contribution >= 0.6 is 0 Å². The second-order valence-corrected chi connectivity index (χ2v) is 2.88. The van der Waals surface area contributed by atoms with Crippen molar-refractivity contribution in [3.63, 3.8) is 0 Å². The summed E-state index contributed by atoms with van der Waals surface area (Å²) in [5.74, 6) is 0.0573. The molecule has 0 amide bonds. The molecule has 3 heteroatoms. The molecule has 1 N–H and O–H groups in total. The predicted molar refractivity (Wildman–Crippen MR) is 54.2 cm³/mol. The van der Waals surface area contributed by atoms with Crippen LogP contribution in [0.5, 0.6) is 5.75 Å². The topological polar surface area (TPSA) is 50.4 Å². The lowest BCUT2D eigenvalue weighted by Gasteiger charge is -2.02. The van der Waals surface area contributed by atoms with Crippen molar-refractivity contribution >= 4 is 17.0 Å². The molecular weight excluding hydrogens is 180 g/mol. The summed E-state index contributed by atoms with van der Waals surface area (Å²) in [7, 11) is 0. The molecule has 1 aromatic heterocycles.